The van der Waals surface area contributed by atoms with Gasteiger partial charge in [0.15, 0.2) is 5.58 Å². The Kier molecular flexibility index (Phi) is 1.81. The van der Waals surface area contributed by atoms with Crippen molar-refractivity contribution in [2.45, 2.75) is 0 Å². The number of isothiocyanates is 1. The molecule has 0 fully saturated rings. The molecule has 0 spiro atoms. The van der Waals surface area contributed by atoms with Crippen molar-refractivity contribution in [2.75, 3.05) is 0 Å². The second-order valence-electron chi connectivity index (χ2n) is 2.40. The van der Waals surface area contributed by atoms with Crippen molar-refractivity contribution in [1.29, 1.82) is 0 Å². The van der Waals surface area contributed by atoms with Crippen LogP contribution in [0, 0.1) is 0 Å². The number of aromatic nitrogens is 1. The molecular formula is C8H4N2O2S. The van der Waals surface area contributed by atoms with E-state index in [0.717, 1.165) is 0 Å². The molecule has 1 N–H and O–H groups in total. The largest absolute Gasteiger partial charge is 0.417 e. The van der Waals surface area contributed by atoms with E-state index in [1.165, 1.54) is 0 Å². The van der Waals surface area contributed by atoms with Gasteiger partial charge in [-0.2, -0.15) is 4.99 Å². The summed E-state index contributed by atoms with van der Waals surface area (Å²) in [6.45, 7) is 0. The van der Waals surface area contributed by atoms with Crippen molar-refractivity contribution in [2.24, 2.45) is 4.99 Å². The SMILES string of the molecule is O=c1[nH]c2cc(N=C=S)ccc2o1. The fourth-order valence-corrected chi connectivity index (χ4v) is 1.17. The second-order valence-corrected chi connectivity index (χ2v) is 2.58. The third kappa shape index (κ3) is 1.42. The van der Waals surface area contributed by atoms with Crippen molar-refractivity contribution in [3.63, 3.8) is 0 Å². The van der Waals surface area contributed by atoms with Gasteiger partial charge in [-0.15, -0.1) is 0 Å². The van der Waals surface area contributed by atoms with Crippen LogP contribution in [-0.4, -0.2) is 10.1 Å². The number of hydrogen-bond donors (Lipinski definition) is 1. The average molecular weight is 192 g/mol. The van der Waals surface area contributed by atoms with E-state index < -0.39 is 5.76 Å². The molecular weight excluding hydrogens is 188 g/mol. The minimum atomic E-state index is -0.474. The molecule has 0 aliphatic rings. The molecule has 0 amide bonds. The highest BCUT2D eigenvalue weighted by atomic mass is 32.1. The van der Waals surface area contributed by atoms with Crippen LogP contribution in [0.15, 0.2) is 32.4 Å². The van der Waals surface area contributed by atoms with Gasteiger partial charge in [0.25, 0.3) is 0 Å². The number of nitrogens with zero attached hydrogens (tertiary/aromatic N) is 1. The molecule has 0 unspecified atom stereocenters. The van der Waals surface area contributed by atoms with Crippen LogP contribution in [0.5, 0.6) is 0 Å². The second kappa shape index (κ2) is 2.97. The molecule has 0 aliphatic carbocycles. The average Bonchev–Trinajstić information content (AvgIpc) is 2.44. The Labute approximate surface area is 77.9 Å². The van der Waals surface area contributed by atoms with E-state index in [1.54, 1.807) is 18.2 Å². The Morgan fingerprint density at radius 3 is 3.15 bits per heavy atom. The number of thiocarbonyl (C=S) groups is 1. The monoisotopic (exact) mass is 192 g/mol. The standard InChI is InChI=1S/C8H4N2O2S/c11-8-10-6-3-5(9-4-13)1-2-7(6)12-8/h1-3H,(H,10,11). The van der Waals surface area contributed by atoms with Gasteiger partial charge in [0, 0.05) is 0 Å². The van der Waals surface area contributed by atoms with Crippen molar-refractivity contribution >= 4 is 34.2 Å². The van der Waals surface area contributed by atoms with Crippen molar-refractivity contribution in [1.82, 2.24) is 4.98 Å². The van der Waals surface area contributed by atoms with E-state index >= 15 is 0 Å². The summed E-state index contributed by atoms with van der Waals surface area (Å²) in [5.74, 6) is -0.474. The molecule has 4 nitrogen and oxygen atoms in total. The lowest BCUT2D eigenvalue weighted by atomic mass is 10.3. The summed E-state index contributed by atoms with van der Waals surface area (Å²) in [6.07, 6.45) is 0. The minimum Gasteiger partial charge on any atom is -0.408 e. The highest BCUT2D eigenvalue weighted by molar-refractivity contribution is 7.78. The zero-order valence-corrected chi connectivity index (χ0v) is 7.22. The van der Waals surface area contributed by atoms with E-state index in [4.69, 9.17) is 4.42 Å². The smallest absolute Gasteiger partial charge is 0.408 e. The van der Waals surface area contributed by atoms with Crippen LogP contribution in [0.2, 0.25) is 0 Å². The minimum absolute atomic E-state index is 0.474. The Balaban J connectivity index is 2.74. The van der Waals surface area contributed by atoms with E-state index in [1.807, 2.05) is 0 Å². The van der Waals surface area contributed by atoms with Gasteiger partial charge in [-0.1, -0.05) is 0 Å². The first-order valence-electron chi connectivity index (χ1n) is 3.50. The van der Waals surface area contributed by atoms with Crippen molar-refractivity contribution in [3.8, 4) is 0 Å². The van der Waals surface area contributed by atoms with Crippen LogP contribution < -0.4 is 5.76 Å². The Morgan fingerprint density at radius 1 is 1.54 bits per heavy atom. The van der Waals surface area contributed by atoms with Crippen LogP contribution in [-0.2, 0) is 0 Å². The highest BCUT2D eigenvalue weighted by Crippen LogP contribution is 2.17. The van der Waals surface area contributed by atoms with E-state index in [2.05, 4.69) is 27.4 Å². The molecule has 64 valence electrons. The Bertz CT molecular complexity index is 549. The number of rotatable bonds is 1. The van der Waals surface area contributed by atoms with Crippen LogP contribution in [0.4, 0.5) is 5.69 Å². The summed E-state index contributed by atoms with van der Waals surface area (Å²) in [5.41, 5.74) is 1.75. The van der Waals surface area contributed by atoms with Crippen LogP contribution in [0.3, 0.4) is 0 Å². The molecule has 1 aromatic carbocycles. The van der Waals surface area contributed by atoms with Gasteiger partial charge in [-0.25, -0.2) is 4.79 Å². The van der Waals surface area contributed by atoms with Gasteiger partial charge in [0.2, 0.25) is 0 Å². The molecule has 0 atom stereocenters. The molecule has 0 saturated heterocycles. The fraction of sp³-hybridized carbons (Fsp3) is 0. The first-order chi connectivity index (χ1) is 6.29. The maximum atomic E-state index is 10.8. The maximum Gasteiger partial charge on any atom is 0.417 e. The summed E-state index contributed by atoms with van der Waals surface area (Å²) in [5, 5.41) is 2.24. The van der Waals surface area contributed by atoms with Gasteiger partial charge < -0.3 is 4.42 Å². The van der Waals surface area contributed by atoms with Gasteiger partial charge in [0.05, 0.1) is 16.4 Å². The van der Waals surface area contributed by atoms with Gasteiger partial charge in [-0.05, 0) is 30.4 Å². The van der Waals surface area contributed by atoms with Gasteiger partial charge >= 0.3 is 5.76 Å². The zero-order chi connectivity index (χ0) is 9.26. The lowest BCUT2D eigenvalue weighted by Crippen LogP contribution is -1.92. The molecule has 0 aliphatic heterocycles. The van der Waals surface area contributed by atoms with E-state index in [-0.39, 0.29) is 0 Å². The summed E-state index contributed by atoms with van der Waals surface area (Å²) in [4.78, 5) is 17.0. The molecule has 2 rings (SSSR count). The quantitative estimate of drug-likeness (QED) is 0.554. The summed E-state index contributed by atoms with van der Waals surface area (Å²) < 4.78 is 4.80. The number of H-pyrrole nitrogens is 1. The van der Waals surface area contributed by atoms with Crippen LogP contribution >= 0.6 is 12.2 Å². The fourth-order valence-electron chi connectivity index (χ4n) is 1.06. The van der Waals surface area contributed by atoms with E-state index in [0.29, 0.717) is 16.8 Å². The molecule has 0 saturated carbocycles. The Morgan fingerprint density at radius 2 is 2.38 bits per heavy atom. The topological polar surface area (TPSA) is 58.4 Å². The number of aromatic amines is 1. The summed E-state index contributed by atoms with van der Waals surface area (Å²) in [7, 11) is 0. The Hall–Kier alpha value is -1.71. The third-order valence-corrected chi connectivity index (χ3v) is 1.67. The summed E-state index contributed by atoms with van der Waals surface area (Å²) >= 11 is 4.45. The zero-order valence-electron chi connectivity index (χ0n) is 6.40. The lowest BCUT2D eigenvalue weighted by molar-refractivity contribution is 0.555. The predicted molar refractivity (Wildman–Crippen MR) is 51.5 cm³/mol. The van der Waals surface area contributed by atoms with Gasteiger partial charge in [0.1, 0.15) is 0 Å². The molecule has 5 heteroatoms. The predicted octanol–water partition coefficient (Wildman–Crippen LogP) is 1.86. The molecule has 0 radical (unpaired) electrons. The highest BCUT2D eigenvalue weighted by Gasteiger charge is 2.00. The van der Waals surface area contributed by atoms with Crippen molar-refractivity contribution < 1.29 is 4.42 Å². The van der Waals surface area contributed by atoms with Crippen LogP contribution in [0.25, 0.3) is 11.1 Å². The first-order valence-corrected chi connectivity index (χ1v) is 3.91. The molecule has 1 aromatic heterocycles. The number of fused-ring (bicyclic) bond motifs is 1. The summed E-state index contributed by atoms with van der Waals surface area (Å²) in [6, 6.07) is 5.01. The number of nitrogens with one attached hydrogen (secondary N) is 1. The first kappa shape index (κ1) is 7.91. The maximum absolute atomic E-state index is 10.8. The molecule has 13 heavy (non-hydrogen) atoms. The molecule has 0 bridgehead atoms. The number of hydrogen-bond acceptors (Lipinski definition) is 4. The normalized spacial score (nSPS) is 9.85. The molecule has 1 heterocycles. The van der Waals surface area contributed by atoms with Crippen LogP contribution in [0.1, 0.15) is 0 Å². The van der Waals surface area contributed by atoms with E-state index in [9.17, 15) is 4.79 Å². The third-order valence-electron chi connectivity index (χ3n) is 1.58. The van der Waals surface area contributed by atoms with Crippen molar-refractivity contribution in [3.05, 3.63) is 28.7 Å². The van der Waals surface area contributed by atoms with Gasteiger partial charge in [-0.3, -0.25) is 4.98 Å². The number of benzene rings is 1. The lowest BCUT2D eigenvalue weighted by Gasteiger charge is -1.88. The number of oxazole rings is 1. The molecule has 2 aromatic rings. The number of aliphatic imine (C=N–C) groups is 1.